The number of nitrogens with zero attached hydrogens (tertiary/aromatic N) is 1. The first-order valence-electron chi connectivity index (χ1n) is 8.96. The van der Waals surface area contributed by atoms with Crippen LogP contribution in [0.25, 0.3) is 0 Å². The number of hydrogen-bond acceptors (Lipinski definition) is 5. The lowest BCUT2D eigenvalue weighted by molar-refractivity contribution is -0.131. The van der Waals surface area contributed by atoms with Crippen molar-refractivity contribution in [3.8, 4) is 5.75 Å². The Kier molecular flexibility index (Phi) is 5.53. The summed E-state index contributed by atoms with van der Waals surface area (Å²) >= 11 is 5.97. The minimum Gasteiger partial charge on any atom is -0.496 e. The second-order valence-corrected chi connectivity index (χ2v) is 7.53. The number of benzene rings is 2. The molecule has 1 atom stereocenters. The van der Waals surface area contributed by atoms with Gasteiger partial charge in [0, 0.05) is 5.02 Å². The summed E-state index contributed by atoms with van der Waals surface area (Å²) in [5, 5.41) is 3.12. The van der Waals surface area contributed by atoms with Crippen LogP contribution in [-0.2, 0) is 14.3 Å². The maximum atomic E-state index is 13.2. The molecule has 0 spiro atoms. The molecule has 29 heavy (non-hydrogen) atoms. The van der Waals surface area contributed by atoms with Crippen LogP contribution >= 0.6 is 11.6 Å². The molecule has 1 aliphatic heterocycles. The monoisotopic (exact) mass is 416 g/mol. The average Bonchev–Trinajstić information content (AvgIpc) is 2.68. The van der Waals surface area contributed by atoms with Crippen LogP contribution in [0.4, 0.5) is 11.4 Å². The van der Waals surface area contributed by atoms with Gasteiger partial charge in [0.2, 0.25) is 5.91 Å². The molecule has 0 saturated carbocycles. The Morgan fingerprint density at radius 1 is 1.17 bits per heavy atom. The number of halogens is 1. The molecule has 0 unspecified atom stereocenters. The lowest BCUT2D eigenvalue weighted by atomic mass is 9.95. The molecule has 3 rings (SSSR count). The third-order valence-corrected chi connectivity index (χ3v) is 4.98. The van der Waals surface area contributed by atoms with E-state index in [0.29, 0.717) is 16.4 Å². The molecule has 2 aromatic rings. The molecule has 0 radical (unpaired) electrons. The lowest BCUT2D eigenvalue weighted by Gasteiger charge is -2.42. The molecule has 8 heteroatoms. The van der Waals surface area contributed by atoms with E-state index >= 15 is 0 Å². The van der Waals surface area contributed by atoms with E-state index in [1.165, 1.54) is 25.0 Å². The fourth-order valence-corrected chi connectivity index (χ4v) is 3.31. The third kappa shape index (κ3) is 3.78. The predicted molar refractivity (Wildman–Crippen MR) is 110 cm³/mol. The fraction of sp³-hybridized carbons (Fsp3) is 0.286. The van der Waals surface area contributed by atoms with Crippen molar-refractivity contribution in [2.75, 3.05) is 17.3 Å². The number of hydrogen-bond donors (Lipinski definition) is 1. The molecule has 0 bridgehead atoms. The first kappa shape index (κ1) is 20.7. The number of amides is 2. The van der Waals surface area contributed by atoms with Crippen LogP contribution in [0.3, 0.4) is 0 Å². The van der Waals surface area contributed by atoms with Crippen molar-refractivity contribution >= 4 is 40.8 Å². The van der Waals surface area contributed by atoms with Crippen LogP contribution in [0.2, 0.25) is 5.02 Å². The molecule has 2 aromatic carbocycles. The first-order chi connectivity index (χ1) is 13.7. The molecule has 0 saturated heterocycles. The Balaban J connectivity index is 1.89. The summed E-state index contributed by atoms with van der Waals surface area (Å²) in [6.45, 7) is 4.72. The van der Waals surface area contributed by atoms with Crippen molar-refractivity contribution in [2.24, 2.45) is 0 Å². The van der Waals surface area contributed by atoms with E-state index in [4.69, 9.17) is 21.1 Å². The van der Waals surface area contributed by atoms with Gasteiger partial charge in [-0.25, -0.2) is 4.79 Å². The van der Waals surface area contributed by atoms with Gasteiger partial charge in [0.05, 0.1) is 18.5 Å². The van der Waals surface area contributed by atoms with Gasteiger partial charge in [-0.05, 0) is 51.1 Å². The standard InChI is InChI=1S/C21H21ClN2O5/c1-12(29-19(26)14-11-13(22)9-10-17(14)28-4)18(25)24-16-8-6-5-7-15(16)23-20(27)21(24,2)3/h5-12H,1-4H3,(H,23,27)/t12-/m1/s1. The van der Waals surface area contributed by atoms with Gasteiger partial charge in [-0.3, -0.25) is 14.5 Å². The van der Waals surface area contributed by atoms with Crippen molar-refractivity contribution in [2.45, 2.75) is 32.4 Å². The highest BCUT2D eigenvalue weighted by atomic mass is 35.5. The zero-order chi connectivity index (χ0) is 21.3. The van der Waals surface area contributed by atoms with E-state index in [-0.39, 0.29) is 17.2 Å². The molecule has 0 fully saturated rings. The fourth-order valence-electron chi connectivity index (χ4n) is 3.14. The Morgan fingerprint density at radius 2 is 1.86 bits per heavy atom. The number of methoxy groups -OCH3 is 1. The van der Waals surface area contributed by atoms with Crippen molar-refractivity contribution in [1.82, 2.24) is 0 Å². The number of nitrogens with one attached hydrogen (secondary N) is 1. The van der Waals surface area contributed by atoms with E-state index in [1.54, 1.807) is 50.2 Å². The van der Waals surface area contributed by atoms with Gasteiger partial charge in [-0.15, -0.1) is 0 Å². The van der Waals surface area contributed by atoms with Crippen LogP contribution in [-0.4, -0.2) is 36.5 Å². The summed E-state index contributed by atoms with van der Waals surface area (Å²) in [5.74, 6) is -1.33. The minimum atomic E-state index is -1.17. The van der Waals surface area contributed by atoms with E-state index in [0.717, 1.165) is 0 Å². The second-order valence-electron chi connectivity index (χ2n) is 7.10. The average molecular weight is 417 g/mol. The molecule has 0 aromatic heterocycles. The number of anilines is 2. The van der Waals surface area contributed by atoms with Gasteiger partial charge in [-0.1, -0.05) is 23.7 Å². The summed E-state index contributed by atoms with van der Waals surface area (Å²) < 4.78 is 10.6. The number of rotatable bonds is 4. The van der Waals surface area contributed by atoms with Crippen LogP contribution in [0, 0.1) is 0 Å². The molecule has 2 amide bonds. The second kappa shape index (κ2) is 7.75. The summed E-state index contributed by atoms with van der Waals surface area (Å²) in [5.41, 5.74) is -0.0129. The highest BCUT2D eigenvalue weighted by Gasteiger charge is 2.45. The number of ether oxygens (including phenoxy) is 2. The first-order valence-corrected chi connectivity index (χ1v) is 9.33. The topological polar surface area (TPSA) is 84.9 Å². The number of para-hydroxylation sites is 2. The van der Waals surface area contributed by atoms with Crippen LogP contribution in [0.15, 0.2) is 42.5 Å². The molecule has 152 valence electrons. The van der Waals surface area contributed by atoms with Gasteiger partial charge < -0.3 is 14.8 Å². The smallest absolute Gasteiger partial charge is 0.342 e. The third-order valence-electron chi connectivity index (χ3n) is 4.74. The van der Waals surface area contributed by atoms with E-state index in [2.05, 4.69) is 5.32 Å². The quantitative estimate of drug-likeness (QED) is 0.769. The van der Waals surface area contributed by atoms with Crippen molar-refractivity contribution < 1.29 is 23.9 Å². The molecule has 1 N–H and O–H groups in total. The van der Waals surface area contributed by atoms with Gasteiger partial charge in [0.1, 0.15) is 16.9 Å². The van der Waals surface area contributed by atoms with Crippen LogP contribution in [0.5, 0.6) is 5.75 Å². The molecule has 7 nitrogen and oxygen atoms in total. The molecular formula is C21H21ClN2O5. The number of carbonyl (C=O) groups is 3. The van der Waals surface area contributed by atoms with Crippen LogP contribution < -0.4 is 15.0 Å². The summed E-state index contributed by atoms with van der Waals surface area (Å²) in [6.07, 6.45) is -1.15. The highest BCUT2D eigenvalue weighted by Crippen LogP contribution is 2.37. The van der Waals surface area contributed by atoms with Gasteiger partial charge in [-0.2, -0.15) is 0 Å². The van der Waals surface area contributed by atoms with Gasteiger partial charge in [0.25, 0.3) is 5.91 Å². The maximum Gasteiger partial charge on any atom is 0.342 e. The predicted octanol–water partition coefficient (Wildman–Crippen LogP) is 3.66. The normalized spacial score (nSPS) is 15.8. The Bertz CT molecular complexity index is 989. The summed E-state index contributed by atoms with van der Waals surface area (Å²) in [4.78, 5) is 39.7. The van der Waals surface area contributed by atoms with E-state index in [1.807, 2.05) is 0 Å². The molecule has 0 aliphatic carbocycles. The Labute approximate surface area is 173 Å². The largest absolute Gasteiger partial charge is 0.496 e. The summed E-state index contributed by atoms with van der Waals surface area (Å²) in [6, 6.07) is 11.5. The summed E-state index contributed by atoms with van der Waals surface area (Å²) in [7, 11) is 1.42. The van der Waals surface area contributed by atoms with Crippen LogP contribution in [0.1, 0.15) is 31.1 Å². The lowest BCUT2D eigenvalue weighted by Crippen LogP contribution is -2.60. The SMILES string of the molecule is COc1ccc(Cl)cc1C(=O)O[C@H](C)C(=O)N1c2ccccc2NC(=O)C1(C)C. The van der Waals surface area contributed by atoms with Gasteiger partial charge >= 0.3 is 5.97 Å². The molecule has 1 heterocycles. The number of fused-ring (bicyclic) bond motifs is 1. The van der Waals surface area contributed by atoms with Crippen molar-refractivity contribution in [1.29, 1.82) is 0 Å². The van der Waals surface area contributed by atoms with Crippen molar-refractivity contribution in [3.63, 3.8) is 0 Å². The Morgan fingerprint density at radius 3 is 2.55 bits per heavy atom. The zero-order valence-electron chi connectivity index (χ0n) is 16.5. The maximum absolute atomic E-state index is 13.2. The number of esters is 1. The van der Waals surface area contributed by atoms with E-state index in [9.17, 15) is 14.4 Å². The van der Waals surface area contributed by atoms with E-state index < -0.39 is 23.5 Å². The number of carbonyl (C=O) groups excluding carboxylic acids is 3. The highest BCUT2D eigenvalue weighted by molar-refractivity contribution is 6.31. The molecule has 1 aliphatic rings. The van der Waals surface area contributed by atoms with Gasteiger partial charge in [0.15, 0.2) is 6.10 Å². The minimum absolute atomic E-state index is 0.107. The Hall–Kier alpha value is -3.06. The zero-order valence-corrected chi connectivity index (χ0v) is 17.2. The van der Waals surface area contributed by atoms with Crippen molar-refractivity contribution in [3.05, 3.63) is 53.1 Å². The molecular weight excluding hydrogens is 396 g/mol.